The van der Waals surface area contributed by atoms with Crippen LogP contribution in [0.5, 0.6) is 0 Å². The molecule has 2 unspecified atom stereocenters. The Morgan fingerprint density at radius 3 is 1.50 bits per heavy atom. The van der Waals surface area contributed by atoms with Crippen molar-refractivity contribution in [3.05, 3.63) is 0 Å². The van der Waals surface area contributed by atoms with Crippen molar-refractivity contribution in [2.45, 2.75) is 38.8 Å². The normalized spacial score (nSPS) is 15.0. The number of hydrogen-bond donors (Lipinski definition) is 0. The zero-order valence-corrected chi connectivity index (χ0v) is 7.36. The molecule has 12 heavy (non-hydrogen) atoms. The van der Waals surface area contributed by atoms with Gasteiger partial charge in [0, 0.05) is 0 Å². The van der Waals surface area contributed by atoms with Crippen molar-refractivity contribution in [3.63, 3.8) is 0 Å². The summed E-state index contributed by atoms with van der Waals surface area (Å²) in [5.74, 6) is 0. The summed E-state index contributed by atoms with van der Waals surface area (Å²) in [6.07, 6.45) is 1.28. The molecule has 0 aliphatic carbocycles. The molecule has 2 atom stereocenters. The summed E-state index contributed by atoms with van der Waals surface area (Å²) in [7, 11) is 0. The minimum atomic E-state index is -0.396. The van der Waals surface area contributed by atoms with Crippen molar-refractivity contribution in [1.29, 1.82) is 10.5 Å². The molecule has 0 rings (SSSR count). The van der Waals surface area contributed by atoms with Gasteiger partial charge in [-0.25, -0.2) is 0 Å². The van der Waals surface area contributed by atoms with Crippen LogP contribution in [0.2, 0.25) is 0 Å². The first-order valence-corrected chi connectivity index (χ1v) is 3.97. The van der Waals surface area contributed by atoms with Gasteiger partial charge >= 0.3 is 0 Å². The van der Waals surface area contributed by atoms with Gasteiger partial charge in [0.05, 0.1) is 12.1 Å². The van der Waals surface area contributed by atoms with Crippen LogP contribution < -0.4 is 0 Å². The van der Waals surface area contributed by atoms with E-state index in [0.29, 0.717) is 12.8 Å². The standard InChI is InChI=1S/C8H12N4/c1-3-7(5-9)11-12-8(4-2)6-10/h7-8H,3-4H2,1-2H3/b12-11-. The van der Waals surface area contributed by atoms with Crippen molar-refractivity contribution in [3.8, 4) is 12.1 Å². The zero-order valence-electron chi connectivity index (χ0n) is 7.36. The lowest BCUT2D eigenvalue weighted by Crippen LogP contribution is -2.01. The fourth-order valence-corrected chi connectivity index (χ4v) is 0.558. The maximum absolute atomic E-state index is 8.50. The molecule has 0 fully saturated rings. The van der Waals surface area contributed by atoms with Crippen molar-refractivity contribution >= 4 is 0 Å². The van der Waals surface area contributed by atoms with Crippen LogP contribution in [0, 0.1) is 22.7 Å². The Kier molecular flexibility index (Phi) is 5.55. The Morgan fingerprint density at radius 2 is 1.33 bits per heavy atom. The minimum absolute atomic E-state index is 0.396. The lowest BCUT2D eigenvalue weighted by Gasteiger charge is -1.98. The van der Waals surface area contributed by atoms with Crippen molar-refractivity contribution in [2.75, 3.05) is 0 Å². The molecule has 64 valence electrons. The van der Waals surface area contributed by atoms with E-state index in [1.807, 2.05) is 26.0 Å². The van der Waals surface area contributed by atoms with Gasteiger partial charge in [-0.2, -0.15) is 20.8 Å². The summed E-state index contributed by atoms with van der Waals surface area (Å²) in [5.41, 5.74) is 0. The molecule has 0 N–H and O–H groups in total. The summed E-state index contributed by atoms with van der Waals surface area (Å²) in [6.45, 7) is 3.72. The molecule has 0 amide bonds. The minimum Gasteiger partial charge on any atom is -0.196 e. The lowest BCUT2D eigenvalue weighted by atomic mass is 10.2. The molecule has 0 aromatic carbocycles. The molecule has 0 saturated carbocycles. The molecular formula is C8H12N4. The van der Waals surface area contributed by atoms with E-state index < -0.39 is 12.1 Å². The summed E-state index contributed by atoms with van der Waals surface area (Å²) in [6, 6.07) is 3.18. The Labute approximate surface area is 72.5 Å². The second-order valence-corrected chi connectivity index (χ2v) is 2.34. The summed E-state index contributed by atoms with van der Waals surface area (Å²) in [5, 5.41) is 24.5. The van der Waals surface area contributed by atoms with Gasteiger partial charge in [-0.3, -0.25) is 0 Å². The number of hydrogen-bond acceptors (Lipinski definition) is 4. The fraction of sp³-hybridized carbons (Fsp3) is 0.750. The third kappa shape index (κ3) is 3.68. The van der Waals surface area contributed by atoms with Crippen LogP contribution in [-0.4, -0.2) is 12.1 Å². The largest absolute Gasteiger partial charge is 0.196 e. The van der Waals surface area contributed by atoms with Crippen LogP contribution in [-0.2, 0) is 0 Å². The van der Waals surface area contributed by atoms with E-state index in [2.05, 4.69) is 10.2 Å². The van der Waals surface area contributed by atoms with Gasteiger partial charge in [0.1, 0.15) is 0 Å². The Morgan fingerprint density at radius 1 is 1.00 bits per heavy atom. The highest BCUT2D eigenvalue weighted by atomic mass is 15.1. The SMILES string of the molecule is CCC(C#N)/N=N\C(C#N)CC. The third-order valence-electron chi connectivity index (χ3n) is 1.42. The van der Waals surface area contributed by atoms with Crippen LogP contribution in [0.3, 0.4) is 0 Å². The highest BCUT2D eigenvalue weighted by Crippen LogP contribution is 2.01. The van der Waals surface area contributed by atoms with E-state index in [1.54, 1.807) is 0 Å². The molecule has 0 aromatic rings. The molecule has 0 radical (unpaired) electrons. The van der Waals surface area contributed by atoms with Crippen LogP contribution in [0.25, 0.3) is 0 Å². The van der Waals surface area contributed by atoms with Crippen LogP contribution in [0.4, 0.5) is 0 Å². The fourth-order valence-electron chi connectivity index (χ4n) is 0.558. The van der Waals surface area contributed by atoms with Gasteiger partial charge in [0.15, 0.2) is 12.1 Å². The molecule has 0 saturated heterocycles. The van der Waals surface area contributed by atoms with E-state index in [9.17, 15) is 0 Å². The molecule has 4 heteroatoms. The van der Waals surface area contributed by atoms with Crippen LogP contribution >= 0.6 is 0 Å². The molecule has 0 bridgehead atoms. The van der Waals surface area contributed by atoms with Gasteiger partial charge in [0.25, 0.3) is 0 Å². The molecule has 0 aliphatic heterocycles. The van der Waals surface area contributed by atoms with Gasteiger partial charge in [-0.05, 0) is 12.8 Å². The zero-order chi connectivity index (χ0) is 9.40. The Balaban J connectivity index is 4.05. The van der Waals surface area contributed by atoms with Gasteiger partial charge in [-0.15, -0.1) is 0 Å². The molecule has 0 spiro atoms. The number of rotatable bonds is 4. The first-order chi connectivity index (χ1) is 5.78. The first kappa shape index (κ1) is 10.6. The maximum Gasteiger partial charge on any atom is 0.157 e. The van der Waals surface area contributed by atoms with Crippen molar-refractivity contribution < 1.29 is 0 Å². The van der Waals surface area contributed by atoms with Crippen molar-refractivity contribution in [1.82, 2.24) is 0 Å². The van der Waals surface area contributed by atoms with E-state index in [1.165, 1.54) is 0 Å². The predicted molar refractivity (Wildman–Crippen MR) is 44.2 cm³/mol. The summed E-state index contributed by atoms with van der Waals surface area (Å²) in [4.78, 5) is 0. The highest BCUT2D eigenvalue weighted by molar-refractivity contribution is 4.91. The van der Waals surface area contributed by atoms with E-state index in [4.69, 9.17) is 10.5 Å². The first-order valence-electron chi connectivity index (χ1n) is 3.97. The Hall–Kier alpha value is -1.42. The Bertz CT molecular complexity index is 196. The molecule has 0 aliphatic rings. The van der Waals surface area contributed by atoms with Gasteiger partial charge < -0.3 is 0 Å². The topological polar surface area (TPSA) is 72.3 Å². The quantitative estimate of drug-likeness (QED) is 0.596. The molecular weight excluding hydrogens is 152 g/mol. The van der Waals surface area contributed by atoms with Gasteiger partial charge in [-0.1, -0.05) is 13.8 Å². The third-order valence-corrected chi connectivity index (χ3v) is 1.42. The second kappa shape index (κ2) is 6.30. The van der Waals surface area contributed by atoms with E-state index in [-0.39, 0.29) is 0 Å². The van der Waals surface area contributed by atoms with Crippen LogP contribution in [0.15, 0.2) is 10.2 Å². The van der Waals surface area contributed by atoms with Crippen molar-refractivity contribution in [2.24, 2.45) is 10.2 Å². The second-order valence-electron chi connectivity index (χ2n) is 2.34. The predicted octanol–water partition coefficient (Wildman–Crippen LogP) is 2.04. The molecule has 4 nitrogen and oxygen atoms in total. The average molecular weight is 164 g/mol. The maximum atomic E-state index is 8.50. The number of azo groups is 1. The van der Waals surface area contributed by atoms with Crippen LogP contribution in [0.1, 0.15) is 26.7 Å². The average Bonchev–Trinajstić information content (AvgIpc) is 2.13. The van der Waals surface area contributed by atoms with E-state index >= 15 is 0 Å². The monoisotopic (exact) mass is 164 g/mol. The molecule has 0 heterocycles. The smallest absolute Gasteiger partial charge is 0.157 e. The van der Waals surface area contributed by atoms with Gasteiger partial charge in [0.2, 0.25) is 0 Å². The highest BCUT2D eigenvalue weighted by Gasteiger charge is 2.03. The molecule has 0 aromatic heterocycles. The summed E-state index contributed by atoms with van der Waals surface area (Å²) < 4.78 is 0. The number of nitriles is 2. The summed E-state index contributed by atoms with van der Waals surface area (Å²) >= 11 is 0. The number of nitrogens with zero attached hydrogens (tertiary/aromatic N) is 4. The lowest BCUT2D eigenvalue weighted by molar-refractivity contribution is 0.667. The van der Waals surface area contributed by atoms with E-state index in [0.717, 1.165) is 0 Å².